The van der Waals surface area contributed by atoms with Crippen LogP contribution in [-0.2, 0) is 13.0 Å². The van der Waals surface area contributed by atoms with E-state index in [-0.39, 0.29) is 0 Å². The molecular formula is C14H20N2S2. The van der Waals surface area contributed by atoms with E-state index in [9.17, 15) is 0 Å². The second kappa shape index (κ2) is 6.45. The van der Waals surface area contributed by atoms with Gasteiger partial charge in [-0.05, 0) is 17.9 Å². The van der Waals surface area contributed by atoms with Crippen molar-refractivity contribution in [1.29, 1.82) is 0 Å². The van der Waals surface area contributed by atoms with Gasteiger partial charge in [-0.3, -0.25) is 0 Å². The van der Waals surface area contributed by atoms with Crippen LogP contribution in [0.5, 0.6) is 0 Å². The molecule has 0 fully saturated rings. The summed E-state index contributed by atoms with van der Waals surface area (Å²) in [6, 6.07) is 2.67. The molecule has 0 aliphatic rings. The van der Waals surface area contributed by atoms with Gasteiger partial charge in [-0.1, -0.05) is 27.2 Å². The summed E-state index contributed by atoms with van der Waals surface area (Å²) in [5.41, 5.74) is 2.54. The first-order valence-electron chi connectivity index (χ1n) is 6.45. The van der Waals surface area contributed by atoms with Gasteiger partial charge in [0.05, 0.1) is 5.69 Å². The molecule has 0 radical (unpaired) electrons. The SMILES string of the molecule is CCCc1nc(-c2ccsc2)sc1CNC(C)C. The van der Waals surface area contributed by atoms with Gasteiger partial charge in [-0.25, -0.2) is 4.98 Å². The maximum atomic E-state index is 4.81. The van der Waals surface area contributed by atoms with Gasteiger partial charge in [0.1, 0.15) is 5.01 Å². The highest BCUT2D eigenvalue weighted by molar-refractivity contribution is 7.15. The van der Waals surface area contributed by atoms with Gasteiger partial charge in [0.15, 0.2) is 0 Å². The van der Waals surface area contributed by atoms with E-state index >= 15 is 0 Å². The Morgan fingerprint density at radius 1 is 1.39 bits per heavy atom. The minimum absolute atomic E-state index is 0.520. The molecule has 0 unspecified atom stereocenters. The smallest absolute Gasteiger partial charge is 0.124 e. The summed E-state index contributed by atoms with van der Waals surface area (Å²) in [5.74, 6) is 0. The first-order valence-corrected chi connectivity index (χ1v) is 8.21. The van der Waals surface area contributed by atoms with Crippen LogP contribution >= 0.6 is 22.7 Å². The summed E-state index contributed by atoms with van der Waals surface area (Å²) < 4.78 is 0. The van der Waals surface area contributed by atoms with Crippen LogP contribution in [0.1, 0.15) is 37.8 Å². The maximum absolute atomic E-state index is 4.81. The third-order valence-corrected chi connectivity index (χ3v) is 4.53. The zero-order chi connectivity index (χ0) is 13.0. The normalized spacial score (nSPS) is 11.3. The average molecular weight is 280 g/mol. The molecule has 4 heteroatoms. The predicted molar refractivity (Wildman–Crippen MR) is 81.4 cm³/mol. The van der Waals surface area contributed by atoms with Gasteiger partial charge in [0.25, 0.3) is 0 Å². The Balaban J connectivity index is 2.21. The molecule has 2 nitrogen and oxygen atoms in total. The highest BCUT2D eigenvalue weighted by Crippen LogP contribution is 2.30. The Morgan fingerprint density at radius 2 is 2.22 bits per heavy atom. The number of nitrogens with zero attached hydrogens (tertiary/aromatic N) is 1. The summed E-state index contributed by atoms with van der Waals surface area (Å²) in [4.78, 5) is 6.20. The lowest BCUT2D eigenvalue weighted by Gasteiger charge is -2.07. The molecule has 0 saturated heterocycles. The van der Waals surface area contributed by atoms with Crippen LogP contribution < -0.4 is 5.32 Å². The molecule has 2 heterocycles. The molecule has 18 heavy (non-hydrogen) atoms. The summed E-state index contributed by atoms with van der Waals surface area (Å²) in [5, 5.41) is 8.95. The van der Waals surface area contributed by atoms with E-state index in [0.717, 1.165) is 19.4 Å². The maximum Gasteiger partial charge on any atom is 0.124 e. The fraction of sp³-hybridized carbons (Fsp3) is 0.500. The molecule has 2 rings (SSSR count). The second-order valence-electron chi connectivity index (χ2n) is 4.69. The monoisotopic (exact) mass is 280 g/mol. The standard InChI is InChI=1S/C14H20N2S2/c1-4-5-12-13(8-15-10(2)3)18-14(16-12)11-6-7-17-9-11/h6-7,9-10,15H,4-5,8H2,1-3H3. The van der Waals surface area contributed by atoms with Crippen LogP contribution in [0.3, 0.4) is 0 Å². The van der Waals surface area contributed by atoms with Gasteiger partial charge >= 0.3 is 0 Å². The van der Waals surface area contributed by atoms with Crippen molar-refractivity contribution in [3.8, 4) is 10.6 Å². The number of thiophene rings is 1. The van der Waals surface area contributed by atoms with Crippen LogP contribution in [0.25, 0.3) is 10.6 Å². The van der Waals surface area contributed by atoms with Crippen molar-refractivity contribution in [3.63, 3.8) is 0 Å². The van der Waals surface area contributed by atoms with Crippen molar-refractivity contribution in [2.75, 3.05) is 0 Å². The van der Waals surface area contributed by atoms with Crippen molar-refractivity contribution < 1.29 is 0 Å². The summed E-state index contributed by atoms with van der Waals surface area (Å²) in [6.45, 7) is 7.51. The first-order chi connectivity index (χ1) is 8.70. The van der Waals surface area contributed by atoms with Gasteiger partial charge in [-0.15, -0.1) is 11.3 Å². The third kappa shape index (κ3) is 3.40. The Labute approximate surface area is 117 Å². The highest BCUT2D eigenvalue weighted by Gasteiger charge is 2.12. The van der Waals surface area contributed by atoms with E-state index in [4.69, 9.17) is 4.98 Å². The Hall–Kier alpha value is -0.710. The largest absolute Gasteiger partial charge is 0.310 e. The van der Waals surface area contributed by atoms with Crippen molar-refractivity contribution in [3.05, 3.63) is 27.4 Å². The van der Waals surface area contributed by atoms with Crippen LogP contribution in [0.2, 0.25) is 0 Å². The molecule has 0 bridgehead atoms. The number of hydrogen-bond acceptors (Lipinski definition) is 4. The number of aryl methyl sites for hydroxylation is 1. The molecule has 98 valence electrons. The zero-order valence-corrected chi connectivity index (χ0v) is 12.8. The lowest BCUT2D eigenvalue weighted by atomic mass is 10.2. The fourth-order valence-corrected chi connectivity index (χ4v) is 3.53. The molecule has 0 amide bonds. The van der Waals surface area contributed by atoms with E-state index in [2.05, 4.69) is 42.9 Å². The van der Waals surface area contributed by atoms with E-state index in [1.165, 1.54) is 21.1 Å². The molecular weight excluding hydrogens is 260 g/mol. The highest BCUT2D eigenvalue weighted by atomic mass is 32.1. The molecule has 0 aliphatic carbocycles. The minimum atomic E-state index is 0.520. The average Bonchev–Trinajstić information content (AvgIpc) is 2.95. The van der Waals surface area contributed by atoms with E-state index in [1.807, 2.05) is 11.3 Å². The number of hydrogen-bond donors (Lipinski definition) is 1. The van der Waals surface area contributed by atoms with Crippen LogP contribution in [-0.4, -0.2) is 11.0 Å². The quantitative estimate of drug-likeness (QED) is 0.852. The molecule has 0 spiro atoms. The number of thiazole rings is 1. The predicted octanol–water partition coefficient (Wildman–Crippen LogP) is 4.32. The number of nitrogens with one attached hydrogen (secondary N) is 1. The Morgan fingerprint density at radius 3 is 2.83 bits per heavy atom. The van der Waals surface area contributed by atoms with E-state index in [1.54, 1.807) is 11.3 Å². The van der Waals surface area contributed by atoms with Crippen LogP contribution in [0.4, 0.5) is 0 Å². The third-order valence-electron chi connectivity index (χ3n) is 2.70. The molecule has 2 aromatic heterocycles. The lowest BCUT2D eigenvalue weighted by Crippen LogP contribution is -2.21. The van der Waals surface area contributed by atoms with Crippen molar-refractivity contribution >= 4 is 22.7 Å². The summed E-state index contributed by atoms with van der Waals surface area (Å²) >= 11 is 3.56. The topological polar surface area (TPSA) is 24.9 Å². The van der Waals surface area contributed by atoms with Gasteiger partial charge in [0, 0.05) is 28.4 Å². The van der Waals surface area contributed by atoms with Gasteiger partial charge < -0.3 is 5.32 Å². The molecule has 0 aromatic carbocycles. The van der Waals surface area contributed by atoms with Crippen molar-refractivity contribution in [2.24, 2.45) is 0 Å². The molecule has 2 aromatic rings. The van der Waals surface area contributed by atoms with Crippen LogP contribution in [0.15, 0.2) is 16.8 Å². The zero-order valence-electron chi connectivity index (χ0n) is 11.2. The number of aromatic nitrogens is 1. The Kier molecular flexibility index (Phi) is 4.92. The van der Waals surface area contributed by atoms with E-state index in [0.29, 0.717) is 6.04 Å². The lowest BCUT2D eigenvalue weighted by molar-refractivity contribution is 0.589. The second-order valence-corrected chi connectivity index (χ2v) is 6.55. The number of rotatable bonds is 6. The van der Waals surface area contributed by atoms with Crippen LogP contribution in [0, 0.1) is 0 Å². The van der Waals surface area contributed by atoms with Gasteiger partial charge in [-0.2, -0.15) is 11.3 Å². The summed E-state index contributed by atoms with van der Waals surface area (Å²) in [7, 11) is 0. The van der Waals surface area contributed by atoms with Crippen molar-refractivity contribution in [2.45, 2.75) is 46.2 Å². The molecule has 1 N–H and O–H groups in total. The van der Waals surface area contributed by atoms with Crippen molar-refractivity contribution in [1.82, 2.24) is 10.3 Å². The Bertz CT molecular complexity index is 472. The minimum Gasteiger partial charge on any atom is -0.310 e. The fourth-order valence-electron chi connectivity index (χ4n) is 1.76. The summed E-state index contributed by atoms with van der Waals surface area (Å²) in [6.07, 6.45) is 2.23. The molecule has 0 atom stereocenters. The van der Waals surface area contributed by atoms with Gasteiger partial charge in [0.2, 0.25) is 0 Å². The molecule has 0 aliphatic heterocycles. The molecule has 0 saturated carbocycles. The van der Waals surface area contributed by atoms with E-state index < -0.39 is 0 Å². The first kappa shape index (κ1) is 13.7.